The minimum Gasteiger partial charge on any atom is -0.480 e. The second-order valence-electron chi connectivity index (χ2n) is 6.68. The molecule has 0 aromatic carbocycles. The van der Waals surface area contributed by atoms with E-state index in [9.17, 15) is 14.7 Å². The van der Waals surface area contributed by atoms with Crippen LogP contribution in [0.5, 0.6) is 0 Å². The van der Waals surface area contributed by atoms with E-state index >= 15 is 0 Å². The van der Waals surface area contributed by atoms with Gasteiger partial charge in [-0.15, -0.1) is 0 Å². The van der Waals surface area contributed by atoms with Gasteiger partial charge in [-0.3, -0.25) is 4.79 Å². The fourth-order valence-electron chi connectivity index (χ4n) is 4.14. The number of hydrogen-bond acceptors (Lipinski definition) is 2. The summed E-state index contributed by atoms with van der Waals surface area (Å²) in [5.41, 5.74) is -1.01. The summed E-state index contributed by atoms with van der Waals surface area (Å²) in [5, 5.41) is 12.5. The second-order valence-corrected chi connectivity index (χ2v) is 6.68. The van der Waals surface area contributed by atoms with Gasteiger partial charge in [0.05, 0.1) is 0 Å². The quantitative estimate of drug-likeness (QED) is 0.615. The van der Waals surface area contributed by atoms with Crippen molar-refractivity contribution in [2.24, 2.45) is 17.8 Å². The average Bonchev–Trinajstić information content (AvgIpc) is 2.97. The van der Waals surface area contributed by atoms with Gasteiger partial charge in [0.15, 0.2) is 0 Å². The molecule has 2 bridgehead atoms. The molecule has 3 atom stereocenters. The highest BCUT2D eigenvalue weighted by Gasteiger charge is 2.45. The van der Waals surface area contributed by atoms with Gasteiger partial charge in [0.25, 0.3) is 0 Å². The van der Waals surface area contributed by atoms with E-state index < -0.39 is 11.5 Å². The Bertz CT molecular complexity index is 435. The van der Waals surface area contributed by atoms with Crippen molar-refractivity contribution in [3.8, 4) is 0 Å². The minimum absolute atomic E-state index is 0.00974. The second kappa shape index (κ2) is 5.23. The summed E-state index contributed by atoms with van der Waals surface area (Å²) in [6, 6.07) is 0. The van der Waals surface area contributed by atoms with Crippen LogP contribution in [0, 0.1) is 17.8 Å². The van der Waals surface area contributed by atoms with Crippen molar-refractivity contribution in [3.05, 3.63) is 12.2 Å². The average molecular weight is 277 g/mol. The highest BCUT2D eigenvalue weighted by atomic mass is 16.4. The zero-order valence-electron chi connectivity index (χ0n) is 11.8. The molecule has 1 amide bonds. The van der Waals surface area contributed by atoms with E-state index in [1.165, 1.54) is 0 Å². The lowest BCUT2D eigenvalue weighted by atomic mass is 9.87. The number of fused-ring (bicyclic) bond motifs is 2. The third kappa shape index (κ3) is 2.36. The number of carboxylic acids is 1. The van der Waals surface area contributed by atoms with E-state index in [0.29, 0.717) is 24.7 Å². The summed E-state index contributed by atoms with van der Waals surface area (Å²) in [5.74, 6) is -0.0376. The fourth-order valence-corrected chi connectivity index (χ4v) is 4.14. The Morgan fingerprint density at radius 1 is 1.05 bits per heavy atom. The highest BCUT2D eigenvalue weighted by Crippen LogP contribution is 2.44. The number of aliphatic carboxylic acids is 1. The molecule has 20 heavy (non-hydrogen) atoms. The first-order valence-electron chi connectivity index (χ1n) is 7.84. The number of carbonyl (C=O) groups excluding carboxylic acids is 1. The van der Waals surface area contributed by atoms with Crippen molar-refractivity contribution in [1.29, 1.82) is 0 Å². The number of carbonyl (C=O) groups is 2. The summed E-state index contributed by atoms with van der Waals surface area (Å²) in [4.78, 5) is 24.2. The van der Waals surface area contributed by atoms with Gasteiger partial charge in [-0.1, -0.05) is 37.8 Å². The van der Waals surface area contributed by atoms with Crippen molar-refractivity contribution >= 4 is 11.9 Å². The van der Waals surface area contributed by atoms with Crippen LogP contribution >= 0.6 is 0 Å². The molecule has 4 heteroatoms. The highest BCUT2D eigenvalue weighted by molar-refractivity contribution is 5.88. The van der Waals surface area contributed by atoms with Gasteiger partial charge in [-0.25, -0.2) is 4.79 Å². The normalized spacial score (nSPS) is 34.7. The van der Waals surface area contributed by atoms with Crippen LogP contribution in [-0.4, -0.2) is 22.5 Å². The first-order valence-corrected chi connectivity index (χ1v) is 7.84. The van der Waals surface area contributed by atoms with Crippen LogP contribution in [-0.2, 0) is 9.59 Å². The largest absolute Gasteiger partial charge is 0.480 e. The van der Waals surface area contributed by atoms with Crippen LogP contribution in [0.2, 0.25) is 0 Å². The van der Waals surface area contributed by atoms with Gasteiger partial charge in [-0.05, 0) is 37.5 Å². The first-order chi connectivity index (χ1) is 9.61. The molecule has 3 aliphatic rings. The number of hydrogen-bond donors (Lipinski definition) is 2. The lowest BCUT2D eigenvalue weighted by Crippen LogP contribution is -2.56. The molecule has 0 aromatic rings. The summed E-state index contributed by atoms with van der Waals surface area (Å²) < 4.78 is 0. The molecule has 4 nitrogen and oxygen atoms in total. The summed E-state index contributed by atoms with van der Waals surface area (Å²) in [6.45, 7) is 0. The van der Waals surface area contributed by atoms with Crippen molar-refractivity contribution in [1.82, 2.24) is 5.32 Å². The molecular formula is C16H23NO3. The van der Waals surface area contributed by atoms with Gasteiger partial charge in [-0.2, -0.15) is 0 Å². The zero-order chi connectivity index (χ0) is 14.2. The van der Waals surface area contributed by atoms with Crippen molar-refractivity contribution < 1.29 is 14.7 Å². The topological polar surface area (TPSA) is 66.4 Å². The van der Waals surface area contributed by atoms with Crippen LogP contribution in [0.25, 0.3) is 0 Å². The molecule has 0 spiro atoms. The van der Waals surface area contributed by atoms with E-state index in [-0.39, 0.29) is 11.8 Å². The monoisotopic (exact) mass is 277 g/mol. The SMILES string of the molecule is O=C(NC1(C(=O)O)CCCCCC1)[C@@H]1C[C@H]2C=C[C@H]1C2. The van der Waals surface area contributed by atoms with E-state index in [2.05, 4.69) is 17.5 Å². The molecule has 110 valence electrons. The third-order valence-electron chi connectivity index (χ3n) is 5.34. The first kappa shape index (κ1) is 13.7. The summed E-state index contributed by atoms with van der Waals surface area (Å²) in [6.07, 6.45) is 11.4. The molecule has 3 aliphatic carbocycles. The van der Waals surface area contributed by atoms with Crippen molar-refractivity contribution in [3.63, 3.8) is 0 Å². The molecule has 0 heterocycles. The van der Waals surface area contributed by atoms with Crippen LogP contribution < -0.4 is 5.32 Å². The van der Waals surface area contributed by atoms with Crippen LogP contribution in [0.3, 0.4) is 0 Å². The van der Waals surface area contributed by atoms with Crippen molar-refractivity contribution in [2.45, 2.75) is 56.9 Å². The Kier molecular flexibility index (Phi) is 3.57. The van der Waals surface area contributed by atoms with Crippen LogP contribution in [0.4, 0.5) is 0 Å². The van der Waals surface area contributed by atoms with E-state index in [1.54, 1.807) is 0 Å². The number of allylic oxidation sites excluding steroid dienone is 2. The molecule has 0 aliphatic heterocycles. The van der Waals surface area contributed by atoms with Gasteiger partial charge in [0, 0.05) is 5.92 Å². The minimum atomic E-state index is -1.01. The third-order valence-corrected chi connectivity index (χ3v) is 5.34. The lowest BCUT2D eigenvalue weighted by Gasteiger charge is -2.31. The Morgan fingerprint density at radius 2 is 1.75 bits per heavy atom. The predicted octanol–water partition coefficient (Wildman–Crippen LogP) is 2.49. The number of amides is 1. The zero-order valence-corrected chi connectivity index (χ0v) is 11.8. The van der Waals surface area contributed by atoms with Gasteiger partial charge in [0.2, 0.25) is 5.91 Å². The van der Waals surface area contributed by atoms with E-state index in [0.717, 1.165) is 38.5 Å². The van der Waals surface area contributed by atoms with E-state index in [1.807, 2.05) is 0 Å². The smallest absolute Gasteiger partial charge is 0.329 e. The maximum atomic E-state index is 12.5. The Balaban J connectivity index is 1.71. The summed E-state index contributed by atoms with van der Waals surface area (Å²) >= 11 is 0. The predicted molar refractivity (Wildman–Crippen MR) is 75.1 cm³/mol. The molecule has 2 fully saturated rings. The molecule has 0 aromatic heterocycles. The van der Waals surface area contributed by atoms with Gasteiger partial charge >= 0.3 is 5.97 Å². The standard InChI is InChI=1S/C16H23NO3/c18-14(13-10-11-5-6-12(13)9-11)17-16(15(19)20)7-3-1-2-4-8-16/h5-6,11-13H,1-4,7-10H2,(H,17,18)(H,19,20)/t11-,12-,13+/m0/s1. The Hall–Kier alpha value is -1.32. The lowest BCUT2D eigenvalue weighted by molar-refractivity contribution is -0.149. The number of carboxylic acid groups (broad SMARTS) is 1. The van der Waals surface area contributed by atoms with Gasteiger partial charge in [0.1, 0.15) is 5.54 Å². The maximum absolute atomic E-state index is 12.5. The Labute approximate surface area is 119 Å². The summed E-state index contributed by atoms with van der Waals surface area (Å²) in [7, 11) is 0. The molecule has 3 rings (SSSR count). The molecule has 0 radical (unpaired) electrons. The fraction of sp³-hybridized carbons (Fsp3) is 0.750. The molecule has 0 unspecified atom stereocenters. The van der Waals surface area contributed by atoms with Crippen LogP contribution in [0.15, 0.2) is 12.2 Å². The molecule has 0 saturated heterocycles. The molecular weight excluding hydrogens is 254 g/mol. The molecule has 2 saturated carbocycles. The Morgan fingerprint density at radius 3 is 2.25 bits per heavy atom. The number of nitrogens with one attached hydrogen (secondary N) is 1. The maximum Gasteiger partial charge on any atom is 0.329 e. The van der Waals surface area contributed by atoms with Crippen molar-refractivity contribution in [2.75, 3.05) is 0 Å². The van der Waals surface area contributed by atoms with Crippen LogP contribution in [0.1, 0.15) is 51.4 Å². The number of rotatable bonds is 3. The molecule has 2 N–H and O–H groups in total. The van der Waals surface area contributed by atoms with E-state index in [4.69, 9.17) is 0 Å². The van der Waals surface area contributed by atoms with Gasteiger partial charge < -0.3 is 10.4 Å².